The van der Waals surface area contributed by atoms with Crippen LogP contribution in [0.2, 0.25) is 0 Å². The molecule has 0 bridgehead atoms. The quantitative estimate of drug-likeness (QED) is 0.846. The average Bonchev–Trinajstić information content (AvgIpc) is 2.18. The van der Waals surface area contributed by atoms with E-state index in [0.717, 1.165) is 28.1 Å². The lowest BCUT2D eigenvalue weighted by Gasteiger charge is -2.14. The standard InChI is InChI=1S/C11H16BrNOS/c1-8(13)10-4-3-9(12)7-11(10)14-5-6-15-2/h3-4,7-8H,5-6,13H2,1-2H3/t8-/m0/s1. The minimum absolute atomic E-state index is 0.00220. The third-order valence-electron chi connectivity index (χ3n) is 2.01. The highest BCUT2D eigenvalue weighted by molar-refractivity contribution is 9.10. The molecule has 0 aliphatic rings. The molecule has 1 rings (SSSR count). The Balaban J connectivity index is 2.77. The number of halogens is 1. The lowest BCUT2D eigenvalue weighted by Crippen LogP contribution is -2.09. The van der Waals surface area contributed by atoms with Gasteiger partial charge in [0.25, 0.3) is 0 Å². The van der Waals surface area contributed by atoms with Crippen LogP contribution in [0.3, 0.4) is 0 Å². The van der Waals surface area contributed by atoms with Gasteiger partial charge in [0.1, 0.15) is 5.75 Å². The van der Waals surface area contributed by atoms with Crippen LogP contribution < -0.4 is 10.5 Å². The van der Waals surface area contributed by atoms with E-state index in [4.69, 9.17) is 10.5 Å². The van der Waals surface area contributed by atoms with Gasteiger partial charge in [-0.15, -0.1) is 0 Å². The van der Waals surface area contributed by atoms with Crippen molar-refractivity contribution in [3.8, 4) is 5.75 Å². The Hall–Kier alpha value is -0.190. The van der Waals surface area contributed by atoms with Gasteiger partial charge in [-0.05, 0) is 25.3 Å². The predicted molar refractivity (Wildman–Crippen MR) is 70.6 cm³/mol. The second-order valence-corrected chi connectivity index (χ2v) is 5.21. The van der Waals surface area contributed by atoms with Crippen molar-refractivity contribution in [2.45, 2.75) is 13.0 Å². The van der Waals surface area contributed by atoms with E-state index in [9.17, 15) is 0 Å². The molecule has 0 unspecified atom stereocenters. The summed E-state index contributed by atoms with van der Waals surface area (Å²) >= 11 is 5.20. The number of nitrogens with two attached hydrogens (primary N) is 1. The first-order chi connectivity index (χ1) is 7.15. The molecule has 2 N–H and O–H groups in total. The molecular formula is C11H16BrNOS. The van der Waals surface area contributed by atoms with Gasteiger partial charge in [0.15, 0.2) is 0 Å². The molecule has 1 aromatic carbocycles. The number of hydrogen-bond donors (Lipinski definition) is 1. The van der Waals surface area contributed by atoms with Crippen molar-refractivity contribution in [1.29, 1.82) is 0 Å². The maximum Gasteiger partial charge on any atom is 0.125 e. The summed E-state index contributed by atoms with van der Waals surface area (Å²) in [5.41, 5.74) is 6.92. The van der Waals surface area contributed by atoms with Gasteiger partial charge in [0, 0.05) is 21.8 Å². The van der Waals surface area contributed by atoms with E-state index >= 15 is 0 Å². The highest BCUT2D eigenvalue weighted by Crippen LogP contribution is 2.27. The third-order valence-corrected chi connectivity index (χ3v) is 3.08. The molecule has 0 fully saturated rings. The van der Waals surface area contributed by atoms with Gasteiger partial charge < -0.3 is 10.5 Å². The Kier molecular flexibility index (Phi) is 5.50. The largest absolute Gasteiger partial charge is 0.492 e. The Labute approximate surface area is 104 Å². The van der Waals surface area contributed by atoms with Crippen molar-refractivity contribution in [1.82, 2.24) is 0 Å². The molecule has 2 nitrogen and oxygen atoms in total. The van der Waals surface area contributed by atoms with Crippen LogP contribution in [0.1, 0.15) is 18.5 Å². The van der Waals surface area contributed by atoms with Crippen molar-refractivity contribution in [2.75, 3.05) is 18.6 Å². The van der Waals surface area contributed by atoms with Crippen LogP contribution >= 0.6 is 27.7 Å². The molecule has 84 valence electrons. The van der Waals surface area contributed by atoms with Gasteiger partial charge >= 0.3 is 0 Å². The molecule has 0 aliphatic carbocycles. The summed E-state index contributed by atoms with van der Waals surface area (Å²) in [5.74, 6) is 1.87. The van der Waals surface area contributed by atoms with Crippen LogP contribution in [-0.4, -0.2) is 18.6 Å². The summed E-state index contributed by atoms with van der Waals surface area (Å²) in [7, 11) is 0. The van der Waals surface area contributed by atoms with Gasteiger partial charge in [0.05, 0.1) is 6.61 Å². The molecular weight excluding hydrogens is 274 g/mol. The number of hydrogen-bond acceptors (Lipinski definition) is 3. The van der Waals surface area contributed by atoms with Crippen molar-refractivity contribution in [3.05, 3.63) is 28.2 Å². The fraction of sp³-hybridized carbons (Fsp3) is 0.455. The molecule has 0 radical (unpaired) electrons. The highest BCUT2D eigenvalue weighted by atomic mass is 79.9. The summed E-state index contributed by atoms with van der Waals surface area (Å²) in [6.07, 6.45) is 2.07. The normalized spacial score (nSPS) is 12.5. The van der Waals surface area contributed by atoms with Crippen LogP contribution in [0.4, 0.5) is 0 Å². The van der Waals surface area contributed by atoms with E-state index in [1.807, 2.05) is 25.1 Å². The molecule has 0 amide bonds. The maximum atomic E-state index is 5.87. The van der Waals surface area contributed by atoms with E-state index in [2.05, 4.69) is 22.2 Å². The molecule has 15 heavy (non-hydrogen) atoms. The monoisotopic (exact) mass is 289 g/mol. The maximum absolute atomic E-state index is 5.87. The summed E-state index contributed by atoms with van der Waals surface area (Å²) in [5, 5.41) is 0. The molecule has 0 aliphatic heterocycles. The van der Waals surface area contributed by atoms with E-state index in [-0.39, 0.29) is 6.04 Å². The van der Waals surface area contributed by atoms with Crippen molar-refractivity contribution < 1.29 is 4.74 Å². The molecule has 0 saturated heterocycles. The van der Waals surface area contributed by atoms with Crippen LogP contribution in [0.5, 0.6) is 5.75 Å². The van der Waals surface area contributed by atoms with Crippen LogP contribution in [0, 0.1) is 0 Å². The van der Waals surface area contributed by atoms with E-state index in [0.29, 0.717) is 0 Å². The Bertz CT molecular complexity index is 317. The van der Waals surface area contributed by atoms with Crippen molar-refractivity contribution in [2.24, 2.45) is 5.73 Å². The first-order valence-electron chi connectivity index (χ1n) is 4.82. The lowest BCUT2D eigenvalue weighted by atomic mass is 10.1. The summed E-state index contributed by atoms with van der Waals surface area (Å²) < 4.78 is 6.71. The smallest absolute Gasteiger partial charge is 0.125 e. The number of thioether (sulfide) groups is 1. The minimum Gasteiger partial charge on any atom is -0.492 e. The summed E-state index contributed by atoms with van der Waals surface area (Å²) in [6, 6.07) is 5.96. The van der Waals surface area contributed by atoms with Gasteiger partial charge in [-0.2, -0.15) is 11.8 Å². The number of rotatable bonds is 5. The van der Waals surface area contributed by atoms with Gasteiger partial charge in [-0.1, -0.05) is 22.0 Å². The fourth-order valence-corrected chi connectivity index (χ4v) is 1.83. The molecule has 0 heterocycles. The summed E-state index contributed by atoms with van der Waals surface area (Å²) in [6.45, 7) is 2.68. The first-order valence-corrected chi connectivity index (χ1v) is 7.00. The number of ether oxygens (including phenoxy) is 1. The lowest BCUT2D eigenvalue weighted by molar-refractivity contribution is 0.338. The molecule has 1 aromatic rings. The second-order valence-electron chi connectivity index (χ2n) is 3.31. The molecule has 0 spiro atoms. The number of benzene rings is 1. The van der Waals surface area contributed by atoms with E-state index < -0.39 is 0 Å². The Morgan fingerprint density at radius 2 is 2.27 bits per heavy atom. The van der Waals surface area contributed by atoms with E-state index in [1.165, 1.54) is 0 Å². The summed E-state index contributed by atoms with van der Waals surface area (Å²) in [4.78, 5) is 0. The SMILES string of the molecule is CSCCOc1cc(Br)ccc1[C@H](C)N. The molecule has 0 saturated carbocycles. The zero-order chi connectivity index (χ0) is 11.3. The highest BCUT2D eigenvalue weighted by Gasteiger charge is 2.08. The zero-order valence-corrected chi connectivity index (χ0v) is 11.4. The van der Waals surface area contributed by atoms with Crippen LogP contribution in [0.15, 0.2) is 22.7 Å². The third kappa shape index (κ3) is 4.05. The zero-order valence-electron chi connectivity index (χ0n) is 9.00. The first kappa shape index (κ1) is 12.9. The van der Waals surface area contributed by atoms with Crippen LogP contribution in [0.25, 0.3) is 0 Å². The Morgan fingerprint density at radius 3 is 2.87 bits per heavy atom. The molecule has 4 heteroatoms. The second kappa shape index (κ2) is 6.40. The molecule has 0 aromatic heterocycles. The molecule has 1 atom stereocenters. The topological polar surface area (TPSA) is 35.2 Å². The van der Waals surface area contributed by atoms with Crippen LogP contribution in [-0.2, 0) is 0 Å². The minimum atomic E-state index is 0.00220. The predicted octanol–water partition coefficient (Wildman–Crippen LogP) is 3.21. The Morgan fingerprint density at radius 1 is 1.53 bits per heavy atom. The van der Waals surface area contributed by atoms with Gasteiger partial charge in [0.2, 0.25) is 0 Å². The average molecular weight is 290 g/mol. The van der Waals surface area contributed by atoms with E-state index in [1.54, 1.807) is 11.8 Å². The van der Waals surface area contributed by atoms with Gasteiger partial charge in [-0.25, -0.2) is 0 Å². The van der Waals surface area contributed by atoms with Crippen molar-refractivity contribution in [3.63, 3.8) is 0 Å². The van der Waals surface area contributed by atoms with Crippen molar-refractivity contribution >= 4 is 27.7 Å². The van der Waals surface area contributed by atoms with Gasteiger partial charge in [-0.3, -0.25) is 0 Å². The fourth-order valence-electron chi connectivity index (χ4n) is 1.24.